The molecule has 0 atom stereocenters. The first-order chi connectivity index (χ1) is 16.2. The van der Waals surface area contributed by atoms with Gasteiger partial charge in [0.15, 0.2) is 0 Å². The number of hydrogen-bond acceptors (Lipinski definition) is 6. The summed E-state index contributed by atoms with van der Waals surface area (Å²) in [5, 5.41) is 3.67. The average Bonchev–Trinajstić information content (AvgIpc) is 2.95. The van der Waals surface area contributed by atoms with Gasteiger partial charge in [-0.15, -0.1) is 0 Å². The van der Waals surface area contributed by atoms with Crippen molar-refractivity contribution in [2.24, 2.45) is 4.99 Å². The van der Waals surface area contributed by atoms with Crippen LogP contribution in [0, 0.1) is 0 Å². The van der Waals surface area contributed by atoms with E-state index in [1.807, 2.05) is 0 Å². The second-order valence-corrected chi connectivity index (χ2v) is 11.5. The quantitative estimate of drug-likeness (QED) is 0.495. The number of nitrogens with one attached hydrogen (secondary N) is 3. The van der Waals surface area contributed by atoms with E-state index in [4.69, 9.17) is 0 Å². The minimum absolute atomic E-state index is 0.0104. The van der Waals surface area contributed by atoms with Crippen molar-refractivity contribution in [3.63, 3.8) is 0 Å². The topological polar surface area (TPSA) is 134 Å². The van der Waals surface area contributed by atoms with Gasteiger partial charge in [0.05, 0.1) is 15.5 Å². The summed E-state index contributed by atoms with van der Waals surface area (Å²) in [7, 11) is -8.01. The molecule has 0 radical (unpaired) electrons. The van der Waals surface area contributed by atoms with Crippen molar-refractivity contribution in [2.45, 2.75) is 35.5 Å². The van der Waals surface area contributed by atoms with Crippen molar-refractivity contribution in [1.29, 1.82) is 0 Å². The normalized spacial score (nSPS) is 16.0. The molecule has 3 aromatic carbocycles. The molecule has 2 heterocycles. The predicted molar refractivity (Wildman–Crippen MR) is 130 cm³/mol. The van der Waals surface area contributed by atoms with Crippen molar-refractivity contribution in [3.05, 3.63) is 60.2 Å². The molecule has 0 fully saturated rings. The monoisotopic (exact) mass is 498 g/mol. The van der Waals surface area contributed by atoms with Crippen LogP contribution in [0.15, 0.2) is 69.4 Å². The minimum Gasteiger partial charge on any atom is -0.321 e. The van der Waals surface area contributed by atoms with E-state index in [1.165, 1.54) is 30.3 Å². The number of sulfonamides is 2. The summed E-state index contributed by atoms with van der Waals surface area (Å²) >= 11 is 0. The van der Waals surface area contributed by atoms with Gasteiger partial charge in [-0.25, -0.2) is 16.8 Å². The van der Waals surface area contributed by atoms with Crippen LogP contribution in [-0.2, 0) is 20.0 Å². The van der Waals surface area contributed by atoms with Crippen molar-refractivity contribution in [1.82, 2.24) is 4.72 Å². The summed E-state index contributed by atoms with van der Waals surface area (Å²) in [6.07, 6.45) is 3.32. The first-order valence-corrected chi connectivity index (χ1v) is 13.8. The van der Waals surface area contributed by atoms with Crippen LogP contribution >= 0.6 is 0 Å². The zero-order chi connectivity index (χ0) is 23.9. The van der Waals surface area contributed by atoms with Crippen LogP contribution < -0.4 is 14.8 Å². The largest absolute Gasteiger partial charge is 0.321 e. The number of hydrogen-bond donors (Lipinski definition) is 3. The van der Waals surface area contributed by atoms with Gasteiger partial charge in [0.25, 0.3) is 26.0 Å². The molecule has 34 heavy (non-hydrogen) atoms. The lowest BCUT2D eigenvalue weighted by Gasteiger charge is -2.13. The molecular formula is C23H22N4O5S2. The van der Waals surface area contributed by atoms with Gasteiger partial charge in [0.2, 0.25) is 0 Å². The average molecular weight is 499 g/mol. The van der Waals surface area contributed by atoms with Gasteiger partial charge < -0.3 is 5.32 Å². The number of benzene rings is 3. The van der Waals surface area contributed by atoms with Crippen molar-refractivity contribution in [3.8, 4) is 0 Å². The predicted octanol–water partition coefficient (Wildman–Crippen LogP) is 3.46. The summed E-state index contributed by atoms with van der Waals surface area (Å²) in [6.45, 7) is 0.577. The van der Waals surface area contributed by atoms with E-state index in [0.29, 0.717) is 40.8 Å². The van der Waals surface area contributed by atoms with Crippen molar-refractivity contribution < 1.29 is 21.6 Å². The fraction of sp³-hybridized carbons (Fsp3) is 0.217. The molecule has 2 aliphatic heterocycles. The summed E-state index contributed by atoms with van der Waals surface area (Å²) in [5.74, 6) is 0.131. The highest BCUT2D eigenvalue weighted by Gasteiger charge is 2.26. The molecule has 9 nitrogen and oxygen atoms in total. The number of amidine groups is 1. The third kappa shape index (κ3) is 4.12. The Labute approximate surface area is 197 Å². The van der Waals surface area contributed by atoms with Gasteiger partial charge in [-0.3, -0.25) is 19.2 Å². The maximum Gasteiger partial charge on any atom is 0.262 e. The fourth-order valence-electron chi connectivity index (χ4n) is 4.21. The molecule has 5 rings (SSSR count). The van der Waals surface area contributed by atoms with E-state index < -0.39 is 20.0 Å². The lowest BCUT2D eigenvalue weighted by molar-refractivity contribution is 0.103. The van der Waals surface area contributed by atoms with Crippen LogP contribution in [0.2, 0.25) is 0 Å². The van der Waals surface area contributed by atoms with Crippen LogP contribution in [0.3, 0.4) is 0 Å². The maximum absolute atomic E-state index is 13.3. The Morgan fingerprint density at radius 2 is 1.68 bits per heavy atom. The Kier molecular flexibility index (Phi) is 5.53. The number of nitrogens with zero attached hydrogens (tertiary/aromatic N) is 1. The SMILES string of the molecule is O=C1Nc2ccc(S(=O)(=O)Nc3cccc(S(=O)(=O)NC4=NCCCCC4)c3)c3cccc1c23. The molecule has 176 valence electrons. The Bertz CT molecular complexity index is 1560. The lowest BCUT2D eigenvalue weighted by atomic mass is 10.1. The van der Waals surface area contributed by atoms with Gasteiger partial charge in [0.1, 0.15) is 5.84 Å². The number of rotatable bonds is 5. The summed E-state index contributed by atoms with van der Waals surface area (Å²) in [6, 6.07) is 13.5. The van der Waals surface area contributed by atoms with Gasteiger partial charge in [-0.2, -0.15) is 0 Å². The van der Waals surface area contributed by atoms with Crippen LogP contribution in [0.4, 0.5) is 11.4 Å². The molecule has 3 aromatic rings. The molecule has 0 spiro atoms. The Morgan fingerprint density at radius 3 is 2.53 bits per heavy atom. The van der Waals surface area contributed by atoms with E-state index >= 15 is 0 Å². The van der Waals surface area contributed by atoms with E-state index in [1.54, 1.807) is 24.3 Å². The molecule has 2 aliphatic rings. The molecule has 0 saturated heterocycles. The van der Waals surface area contributed by atoms with Gasteiger partial charge in [0, 0.05) is 35.0 Å². The second-order valence-electron chi connectivity index (χ2n) is 8.17. The molecule has 1 amide bonds. The molecule has 0 bridgehead atoms. The standard InChI is InChI=1S/C23H22N4O5S2/c28-23-18-9-5-8-17-20(12-11-19(25-23)22(17)18)34(31,32)26-15-6-4-7-16(14-15)33(29,30)27-21-10-2-1-3-13-24-21/h4-9,11-12,14,26H,1-3,10,13H2,(H,24,27)(H,25,28). The van der Waals surface area contributed by atoms with Gasteiger partial charge in [-0.05, 0) is 49.2 Å². The van der Waals surface area contributed by atoms with E-state index in [9.17, 15) is 21.6 Å². The molecule has 11 heteroatoms. The van der Waals surface area contributed by atoms with Crippen LogP contribution in [0.1, 0.15) is 36.0 Å². The van der Waals surface area contributed by atoms with Crippen molar-refractivity contribution >= 4 is 53.9 Å². The van der Waals surface area contributed by atoms with Crippen LogP contribution in [-0.4, -0.2) is 35.1 Å². The van der Waals surface area contributed by atoms with E-state index in [-0.39, 0.29) is 21.4 Å². The fourth-order valence-corrected chi connectivity index (χ4v) is 6.59. The molecule has 0 aromatic heterocycles. The van der Waals surface area contributed by atoms with Gasteiger partial charge in [-0.1, -0.05) is 24.6 Å². The summed E-state index contributed by atoms with van der Waals surface area (Å²) in [4.78, 5) is 16.4. The summed E-state index contributed by atoms with van der Waals surface area (Å²) in [5.41, 5.74) is 1.06. The second kappa shape index (κ2) is 8.41. The highest BCUT2D eigenvalue weighted by molar-refractivity contribution is 7.93. The first kappa shape index (κ1) is 22.4. The highest BCUT2D eigenvalue weighted by Crippen LogP contribution is 2.37. The lowest BCUT2D eigenvalue weighted by Crippen LogP contribution is -2.30. The van der Waals surface area contributed by atoms with E-state index in [2.05, 4.69) is 19.8 Å². The molecule has 0 aliphatic carbocycles. The molecule has 0 unspecified atom stereocenters. The number of amides is 1. The number of anilines is 2. The Balaban J connectivity index is 1.46. The number of carbonyl (C=O) groups excluding carboxylic acids is 1. The van der Waals surface area contributed by atoms with E-state index in [0.717, 1.165) is 19.3 Å². The third-order valence-electron chi connectivity index (χ3n) is 5.81. The highest BCUT2D eigenvalue weighted by atomic mass is 32.2. The Morgan fingerprint density at radius 1 is 0.853 bits per heavy atom. The first-order valence-electron chi connectivity index (χ1n) is 10.8. The van der Waals surface area contributed by atoms with Crippen LogP contribution in [0.5, 0.6) is 0 Å². The molecular weight excluding hydrogens is 476 g/mol. The number of carbonyl (C=O) groups is 1. The molecule has 3 N–H and O–H groups in total. The minimum atomic E-state index is -4.09. The third-order valence-corrected chi connectivity index (χ3v) is 8.62. The maximum atomic E-state index is 13.3. The zero-order valence-corrected chi connectivity index (χ0v) is 19.7. The smallest absolute Gasteiger partial charge is 0.262 e. The van der Waals surface area contributed by atoms with Gasteiger partial charge >= 0.3 is 0 Å². The Hall–Kier alpha value is -3.44. The van der Waals surface area contributed by atoms with Crippen molar-refractivity contribution in [2.75, 3.05) is 16.6 Å². The summed E-state index contributed by atoms with van der Waals surface area (Å²) < 4.78 is 57.3. The zero-order valence-electron chi connectivity index (χ0n) is 18.0. The number of aliphatic imine (C=N–C) groups is 1. The van der Waals surface area contributed by atoms with Crippen LogP contribution in [0.25, 0.3) is 10.8 Å². The molecule has 0 saturated carbocycles.